The second kappa shape index (κ2) is 7.28. The van der Waals surface area contributed by atoms with E-state index in [1.54, 1.807) is 29.7 Å². The molecule has 0 amide bonds. The van der Waals surface area contributed by atoms with Crippen molar-refractivity contribution in [2.45, 2.75) is 6.54 Å². The third-order valence-corrected chi connectivity index (χ3v) is 5.01. The maximum atomic E-state index is 13.3. The van der Waals surface area contributed by atoms with Crippen LogP contribution in [0.1, 0.15) is 5.69 Å². The molecule has 0 saturated heterocycles. The second-order valence-corrected chi connectivity index (χ2v) is 7.14. The molecule has 4 aromatic rings. The average Bonchev–Trinajstić information content (AvgIpc) is 3.11. The minimum Gasteiger partial charge on any atom is -0.364 e. The largest absolute Gasteiger partial charge is 0.364 e. The Morgan fingerprint density at radius 2 is 1.89 bits per heavy atom. The van der Waals surface area contributed by atoms with Crippen molar-refractivity contribution in [3.8, 4) is 11.1 Å². The quantitative estimate of drug-likeness (QED) is 0.550. The average molecular weight is 379 g/mol. The zero-order valence-electron chi connectivity index (χ0n) is 15.0. The molecule has 1 aromatic carbocycles. The van der Waals surface area contributed by atoms with Crippen molar-refractivity contribution >= 4 is 33.3 Å². The van der Waals surface area contributed by atoms with Crippen LogP contribution in [0.15, 0.2) is 54.0 Å². The molecule has 0 aliphatic rings. The maximum absolute atomic E-state index is 13.3. The van der Waals surface area contributed by atoms with Gasteiger partial charge in [0.15, 0.2) is 0 Å². The number of fused-ring (bicyclic) bond motifs is 1. The molecule has 0 aliphatic carbocycles. The Labute approximate surface area is 160 Å². The van der Waals surface area contributed by atoms with Crippen molar-refractivity contribution in [1.82, 2.24) is 15.0 Å². The van der Waals surface area contributed by atoms with Gasteiger partial charge >= 0.3 is 0 Å². The molecule has 3 aromatic heterocycles. The summed E-state index contributed by atoms with van der Waals surface area (Å²) >= 11 is 1.55. The van der Waals surface area contributed by atoms with Crippen LogP contribution in [-0.4, -0.2) is 29.0 Å². The van der Waals surface area contributed by atoms with Crippen molar-refractivity contribution in [2.24, 2.45) is 0 Å². The van der Waals surface area contributed by atoms with Crippen molar-refractivity contribution in [3.05, 3.63) is 65.6 Å². The smallest absolute Gasteiger partial charge is 0.228 e. The first-order valence-corrected chi connectivity index (χ1v) is 9.36. The number of benzene rings is 1. The number of aromatic nitrogens is 3. The first kappa shape index (κ1) is 17.4. The summed E-state index contributed by atoms with van der Waals surface area (Å²) < 4.78 is 13.3. The van der Waals surface area contributed by atoms with Crippen LogP contribution in [0, 0.1) is 5.82 Å². The Morgan fingerprint density at radius 3 is 2.59 bits per heavy atom. The minimum atomic E-state index is -0.252. The standard InChI is InChI=1S/C20H18FN5S/c1-26(2)20-24-18(23-11-15-5-3-4-10-22-15)17-16(12-27-19(17)25-20)13-6-8-14(21)9-7-13/h3-10,12H,11H2,1-2H3,(H,23,24,25). The predicted molar refractivity (Wildman–Crippen MR) is 109 cm³/mol. The number of nitrogens with one attached hydrogen (secondary N) is 1. The van der Waals surface area contributed by atoms with Crippen LogP contribution < -0.4 is 10.2 Å². The van der Waals surface area contributed by atoms with E-state index < -0.39 is 0 Å². The van der Waals surface area contributed by atoms with Gasteiger partial charge in [-0.3, -0.25) is 4.98 Å². The van der Waals surface area contributed by atoms with Gasteiger partial charge in [0.2, 0.25) is 5.95 Å². The SMILES string of the molecule is CN(C)c1nc(NCc2ccccn2)c2c(-c3ccc(F)cc3)csc2n1. The second-order valence-electron chi connectivity index (χ2n) is 6.28. The first-order chi connectivity index (χ1) is 13.1. The van der Waals surface area contributed by atoms with Gasteiger partial charge in [-0.25, -0.2) is 9.37 Å². The lowest BCUT2D eigenvalue weighted by atomic mass is 10.1. The highest BCUT2D eigenvalue weighted by molar-refractivity contribution is 7.17. The van der Waals surface area contributed by atoms with Crippen LogP contribution in [0.3, 0.4) is 0 Å². The Balaban J connectivity index is 1.80. The van der Waals surface area contributed by atoms with Crippen molar-refractivity contribution < 1.29 is 4.39 Å². The lowest BCUT2D eigenvalue weighted by molar-refractivity contribution is 0.628. The van der Waals surface area contributed by atoms with Crippen LogP contribution in [-0.2, 0) is 6.54 Å². The van der Waals surface area contributed by atoms with E-state index in [4.69, 9.17) is 4.98 Å². The predicted octanol–water partition coefficient (Wildman–Crippen LogP) is 4.57. The van der Waals surface area contributed by atoms with Crippen molar-refractivity contribution in [1.29, 1.82) is 0 Å². The van der Waals surface area contributed by atoms with Crippen LogP contribution in [0.25, 0.3) is 21.3 Å². The van der Waals surface area contributed by atoms with E-state index in [0.29, 0.717) is 12.5 Å². The van der Waals surface area contributed by atoms with E-state index in [-0.39, 0.29) is 5.82 Å². The monoisotopic (exact) mass is 379 g/mol. The molecule has 0 atom stereocenters. The molecule has 27 heavy (non-hydrogen) atoms. The molecule has 1 N–H and O–H groups in total. The number of hydrogen-bond donors (Lipinski definition) is 1. The van der Waals surface area contributed by atoms with Crippen LogP contribution in [0.2, 0.25) is 0 Å². The molecule has 4 rings (SSSR count). The van der Waals surface area contributed by atoms with Gasteiger partial charge in [-0.05, 0) is 29.8 Å². The van der Waals surface area contributed by atoms with E-state index in [9.17, 15) is 4.39 Å². The van der Waals surface area contributed by atoms with E-state index in [2.05, 4.69) is 15.3 Å². The highest BCUT2D eigenvalue weighted by Crippen LogP contribution is 2.38. The molecule has 0 unspecified atom stereocenters. The lowest BCUT2D eigenvalue weighted by Gasteiger charge is -2.14. The Kier molecular flexibility index (Phi) is 4.68. The molecule has 0 bridgehead atoms. The van der Waals surface area contributed by atoms with Crippen LogP contribution in [0.4, 0.5) is 16.2 Å². The van der Waals surface area contributed by atoms with Crippen LogP contribution in [0.5, 0.6) is 0 Å². The molecule has 5 nitrogen and oxygen atoms in total. The lowest BCUT2D eigenvalue weighted by Crippen LogP contribution is -2.14. The van der Waals surface area contributed by atoms with Gasteiger partial charge in [-0.2, -0.15) is 4.98 Å². The fourth-order valence-electron chi connectivity index (χ4n) is 2.78. The minimum absolute atomic E-state index is 0.252. The maximum Gasteiger partial charge on any atom is 0.228 e. The number of halogens is 1. The molecule has 0 spiro atoms. The molecule has 136 valence electrons. The van der Waals surface area contributed by atoms with Gasteiger partial charge in [-0.1, -0.05) is 18.2 Å². The van der Waals surface area contributed by atoms with Gasteiger partial charge in [0.05, 0.1) is 17.6 Å². The number of pyridine rings is 1. The summed E-state index contributed by atoms with van der Waals surface area (Å²) in [5, 5.41) is 6.38. The molecular formula is C20H18FN5S. The summed E-state index contributed by atoms with van der Waals surface area (Å²) in [6, 6.07) is 12.3. The topological polar surface area (TPSA) is 53.9 Å². The van der Waals surface area contributed by atoms with E-state index >= 15 is 0 Å². The van der Waals surface area contributed by atoms with Crippen molar-refractivity contribution in [3.63, 3.8) is 0 Å². The third-order valence-electron chi connectivity index (χ3n) is 4.14. The van der Waals surface area contributed by atoms with E-state index in [1.807, 2.05) is 42.6 Å². The number of anilines is 2. The van der Waals surface area contributed by atoms with Gasteiger partial charge in [0.1, 0.15) is 16.5 Å². The molecule has 7 heteroatoms. The molecule has 0 aliphatic heterocycles. The van der Waals surface area contributed by atoms with Gasteiger partial charge in [0, 0.05) is 31.2 Å². The highest BCUT2D eigenvalue weighted by Gasteiger charge is 2.16. The molecule has 3 heterocycles. The highest BCUT2D eigenvalue weighted by atomic mass is 32.1. The zero-order valence-corrected chi connectivity index (χ0v) is 15.8. The van der Waals surface area contributed by atoms with Gasteiger partial charge in [0.25, 0.3) is 0 Å². The van der Waals surface area contributed by atoms with E-state index in [1.165, 1.54) is 12.1 Å². The van der Waals surface area contributed by atoms with Gasteiger partial charge in [-0.15, -0.1) is 11.3 Å². The first-order valence-electron chi connectivity index (χ1n) is 8.48. The molecular weight excluding hydrogens is 361 g/mol. The Morgan fingerprint density at radius 1 is 1.07 bits per heavy atom. The summed E-state index contributed by atoms with van der Waals surface area (Å²) in [6.45, 7) is 0.554. The molecule has 0 radical (unpaired) electrons. The van der Waals surface area contributed by atoms with Gasteiger partial charge < -0.3 is 10.2 Å². The Bertz CT molecular complexity index is 1060. The normalized spacial score (nSPS) is 10.9. The Hall–Kier alpha value is -3.06. The summed E-state index contributed by atoms with van der Waals surface area (Å²) in [6.07, 6.45) is 1.77. The molecule has 0 saturated carbocycles. The summed E-state index contributed by atoms with van der Waals surface area (Å²) in [7, 11) is 3.83. The molecule has 0 fully saturated rings. The summed E-state index contributed by atoms with van der Waals surface area (Å²) in [5.74, 6) is 1.13. The number of rotatable bonds is 5. The summed E-state index contributed by atoms with van der Waals surface area (Å²) in [5.41, 5.74) is 2.85. The third kappa shape index (κ3) is 3.59. The van der Waals surface area contributed by atoms with Crippen molar-refractivity contribution in [2.75, 3.05) is 24.3 Å². The zero-order chi connectivity index (χ0) is 18.8. The summed E-state index contributed by atoms with van der Waals surface area (Å²) in [4.78, 5) is 16.5. The van der Waals surface area contributed by atoms with E-state index in [0.717, 1.165) is 32.9 Å². The fourth-order valence-corrected chi connectivity index (χ4v) is 3.72. The fraction of sp³-hybridized carbons (Fsp3) is 0.150. The number of thiophene rings is 1. The number of hydrogen-bond acceptors (Lipinski definition) is 6. The van der Waals surface area contributed by atoms with Crippen LogP contribution >= 0.6 is 11.3 Å². The number of nitrogens with zero attached hydrogens (tertiary/aromatic N) is 4.